The highest BCUT2D eigenvalue weighted by molar-refractivity contribution is 5.69. The second kappa shape index (κ2) is 6.89. The van der Waals surface area contributed by atoms with Crippen LogP contribution in [0.15, 0.2) is 15.8 Å². The van der Waals surface area contributed by atoms with Crippen molar-refractivity contribution in [3.05, 3.63) is 32.6 Å². The molecule has 3 atom stereocenters. The van der Waals surface area contributed by atoms with E-state index in [0.29, 0.717) is 24.8 Å². The Morgan fingerprint density at radius 1 is 1.55 bits per heavy atom. The molecule has 1 aliphatic rings. The van der Waals surface area contributed by atoms with Crippen molar-refractivity contribution in [3.63, 3.8) is 0 Å². The lowest BCUT2D eigenvalue weighted by Crippen LogP contribution is -2.34. The quantitative estimate of drug-likeness (QED) is 0.728. The smallest absolute Gasteiger partial charge is 0.330 e. The van der Waals surface area contributed by atoms with Gasteiger partial charge in [-0.3, -0.25) is 19.1 Å². The number of carbonyl (C=O) groups excluding carboxylic acids is 1. The van der Waals surface area contributed by atoms with Gasteiger partial charge in [0.1, 0.15) is 18.4 Å². The number of hydrogen-bond acceptors (Lipinski definition) is 6. The Labute approximate surface area is 127 Å². The fourth-order valence-electron chi connectivity index (χ4n) is 2.44. The number of rotatable bonds is 5. The van der Waals surface area contributed by atoms with Gasteiger partial charge in [-0.2, -0.15) is 0 Å². The Bertz CT molecular complexity index is 651. The Hall–Kier alpha value is -1.93. The first-order chi connectivity index (χ1) is 10.5. The molecule has 0 aromatic carbocycles. The normalized spacial score (nSPS) is 24.4. The van der Waals surface area contributed by atoms with Crippen molar-refractivity contribution in [2.75, 3.05) is 6.54 Å². The van der Waals surface area contributed by atoms with Crippen LogP contribution in [0.25, 0.3) is 0 Å². The molecule has 0 aliphatic carbocycles. The van der Waals surface area contributed by atoms with Gasteiger partial charge < -0.3 is 15.2 Å². The molecule has 0 spiro atoms. The minimum absolute atomic E-state index is 0.178. The Kier molecular flexibility index (Phi) is 5.15. The number of ether oxygens (including phenoxy) is 2. The van der Waals surface area contributed by atoms with E-state index in [0.717, 1.165) is 0 Å². The fraction of sp³-hybridized carbons (Fsp3) is 0.643. The van der Waals surface area contributed by atoms with Crippen LogP contribution in [0.5, 0.6) is 0 Å². The maximum atomic E-state index is 11.9. The Balaban J connectivity index is 2.18. The number of H-pyrrole nitrogens is 1. The molecule has 0 radical (unpaired) electrons. The molecule has 2 heterocycles. The molecule has 22 heavy (non-hydrogen) atoms. The van der Waals surface area contributed by atoms with E-state index in [1.54, 1.807) is 6.92 Å². The topological polar surface area (TPSA) is 116 Å². The summed E-state index contributed by atoms with van der Waals surface area (Å²) < 4.78 is 12.4. The highest BCUT2D eigenvalue weighted by atomic mass is 16.6. The molecular weight excluding hydrogens is 290 g/mol. The number of nitrogens with two attached hydrogens (primary N) is 1. The van der Waals surface area contributed by atoms with E-state index >= 15 is 0 Å². The summed E-state index contributed by atoms with van der Waals surface area (Å²) in [5.41, 5.74) is 5.06. The number of aromatic nitrogens is 2. The predicted octanol–water partition coefficient (Wildman–Crippen LogP) is -0.197. The van der Waals surface area contributed by atoms with Gasteiger partial charge in [-0.25, -0.2) is 4.79 Å². The second-order valence-electron chi connectivity index (χ2n) is 5.36. The molecule has 1 fully saturated rings. The molecular formula is C14H21N3O5. The van der Waals surface area contributed by atoms with Crippen molar-refractivity contribution in [2.45, 2.75) is 51.5 Å². The van der Waals surface area contributed by atoms with Crippen molar-refractivity contribution in [1.82, 2.24) is 9.55 Å². The summed E-state index contributed by atoms with van der Waals surface area (Å²) in [4.78, 5) is 37.2. The van der Waals surface area contributed by atoms with Gasteiger partial charge in [0.2, 0.25) is 0 Å². The van der Waals surface area contributed by atoms with Gasteiger partial charge >= 0.3 is 11.7 Å². The first kappa shape index (κ1) is 16.4. The van der Waals surface area contributed by atoms with Gasteiger partial charge in [-0.05, 0) is 13.3 Å². The van der Waals surface area contributed by atoms with E-state index in [4.69, 9.17) is 15.2 Å². The first-order valence-electron chi connectivity index (χ1n) is 7.33. The lowest BCUT2D eigenvalue weighted by molar-refractivity contribution is -0.151. The monoisotopic (exact) mass is 311 g/mol. The van der Waals surface area contributed by atoms with Gasteiger partial charge in [-0.1, -0.05) is 6.92 Å². The summed E-state index contributed by atoms with van der Waals surface area (Å²) in [5, 5.41) is 0. The summed E-state index contributed by atoms with van der Waals surface area (Å²) in [7, 11) is 0. The highest BCUT2D eigenvalue weighted by Crippen LogP contribution is 2.29. The number of hydrogen-bond donors (Lipinski definition) is 2. The van der Waals surface area contributed by atoms with Crippen LogP contribution in [0, 0.1) is 6.92 Å². The summed E-state index contributed by atoms with van der Waals surface area (Å²) in [6.45, 7) is 3.67. The third-order valence-electron chi connectivity index (χ3n) is 3.61. The average molecular weight is 311 g/mol. The summed E-state index contributed by atoms with van der Waals surface area (Å²) >= 11 is 0. The maximum absolute atomic E-state index is 11.9. The fourth-order valence-corrected chi connectivity index (χ4v) is 2.44. The molecule has 8 nitrogen and oxygen atoms in total. The molecule has 0 bridgehead atoms. The Morgan fingerprint density at radius 3 is 2.91 bits per heavy atom. The number of nitrogens with one attached hydrogen (secondary N) is 1. The summed E-state index contributed by atoms with van der Waals surface area (Å²) in [5.74, 6) is -0.305. The molecule has 0 amide bonds. The van der Waals surface area contributed by atoms with E-state index in [1.807, 2.05) is 6.92 Å². The second-order valence-corrected chi connectivity index (χ2v) is 5.36. The number of esters is 1. The lowest BCUT2D eigenvalue weighted by Gasteiger charge is -2.16. The van der Waals surface area contributed by atoms with Crippen LogP contribution >= 0.6 is 0 Å². The van der Waals surface area contributed by atoms with Crippen molar-refractivity contribution in [2.24, 2.45) is 5.73 Å². The van der Waals surface area contributed by atoms with E-state index < -0.39 is 29.7 Å². The van der Waals surface area contributed by atoms with Crippen LogP contribution < -0.4 is 17.0 Å². The van der Waals surface area contributed by atoms with Crippen molar-refractivity contribution in [3.8, 4) is 0 Å². The zero-order chi connectivity index (χ0) is 16.3. The van der Waals surface area contributed by atoms with Crippen LogP contribution in [-0.4, -0.2) is 34.3 Å². The van der Waals surface area contributed by atoms with Gasteiger partial charge in [0.25, 0.3) is 5.56 Å². The van der Waals surface area contributed by atoms with Gasteiger partial charge in [-0.15, -0.1) is 0 Å². The predicted molar refractivity (Wildman–Crippen MR) is 78.4 cm³/mol. The third-order valence-corrected chi connectivity index (χ3v) is 3.61. The Morgan fingerprint density at radius 2 is 2.27 bits per heavy atom. The molecule has 2 rings (SSSR count). The van der Waals surface area contributed by atoms with Gasteiger partial charge in [0.05, 0.1) is 0 Å². The lowest BCUT2D eigenvalue weighted by atomic mass is 10.1. The summed E-state index contributed by atoms with van der Waals surface area (Å²) in [6.07, 6.45) is 1.21. The molecule has 3 unspecified atom stereocenters. The molecule has 1 aromatic heterocycles. The van der Waals surface area contributed by atoms with Crippen LogP contribution in [0.2, 0.25) is 0 Å². The van der Waals surface area contributed by atoms with E-state index in [9.17, 15) is 14.4 Å². The van der Waals surface area contributed by atoms with E-state index in [2.05, 4.69) is 4.98 Å². The van der Waals surface area contributed by atoms with Crippen LogP contribution in [0.1, 0.15) is 38.0 Å². The molecule has 3 N–H and O–H groups in total. The minimum Gasteiger partial charge on any atom is -0.459 e. The summed E-state index contributed by atoms with van der Waals surface area (Å²) in [6, 6.07) is 0. The highest BCUT2D eigenvalue weighted by Gasteiger charge is 2.38. The first-order valence-corrected chi connectivity index (χ1v) is 7.33. The molecule has 8 heteroatoms. The zero-order valence-electron chi connectivity index (χ0n) is 12.7. The molecule has 1 saturated heterocycles. The zero-order valence-corrected chi connectivity index (χ0v) is 12.7. The molecule has 0 saturated carbocycles. The SMILES string of the molecule is CCCC(=O)OC1CC(n2cc(C)c(=O)[nH]c2=O)OC1CN. The minimum atomic E-state index is -0.615. The molecule has 1 aromatic rings. The standard InChI is InChI=1S/C14H21N3O5/c1-3-4-12(18)22-9-5-11(21-10(9)6-15)17-7-8(2)13(19)16-14(17)20/h7,9-11H,3-6,15H2,1-2H3,(H,16,19,20). The molecule has 122 valence electrons. The molecule has 1 aliphatic heterocycles. The van der Waals surface area contributed by atoms with Crippen molar-refractivity contribution in [1.29, 1.82) is 0 Å². The van der Waals surface area contributed by atoms with Crippen molar-refractivity contribution < 1.29 is 14.3 Å². The van der Waals surface area contributed by atoms with Crippen LogP contribution in [0.4, 0.5) is 0 Å². The van der Waals surface area contributed by atoms with Crippen LogP contribution in [0.3, 0.4) is 0 Å². The van der Waals surface area contributed by atoms with Gasteiger partial charge in [0, 0.05) is 31.1 Å². The van der Waals surface area contributed by atoms with Crippen molar-refractivity contribution >= 4 is 5.97 Å². The number of nitrogens with zero attached hydrogens (tertiary/aromatic N) is 1. The largest absolute Gasteiger partial charge is 0.459 e. The van der Waals surface area contributed by atoms with Crippen LogP contribution in [-0.2, 0) is 14.3 Å². The van der Waals surface area contributed by atoms with E-state index in [1.165, 1.54) is 10.8 Å². The average Bonchev–Trinajstić information content (AvgIpc) is 2.85. The maximum Gasteiger partial charge on any atom is 0.330 e. The van der Waals surface area contributed by atoms with E-state index in [-0.39, 0.29) is 12.5 Å². The third kappa shape index (κ3) is 3.45. The van der Waals surface area contributed by atoms with Gasteiger partial charge in [0.15, 0.2) is 0 Å². The number of aromatic amines is 1. The number of carbonyl (C=O) groups is 1. The number of aryl methyl sites for hydroxylation is 1.